The molecule has 1 N–H and O–H groups in total. The molecule has 0 saturated heterocycles. The lowest BCUT2D eigenvalue weighted by molar-refractivity contribution is -0.116. The fraction of sp³-hybridized carbons (Fsp3) is 0.182. The van der Waals surface area contributed by atoms with Crippen LogP contribution in [0.25, 0.3) is 0 Å². The minimum absolute atomic E-state index is 0. The van der Waals surface area contributed by atoms with E-state index in [0.29, 0.717) is 0 Å². The lowest BCUT2D eigenvalue weighted by atomic mass is 10.0. The number of halogens is 1. The molecule has 2 nitrogen and oxygen atoms in total. The van der Waals surface area contributed by atoms with Crippen molar-refractivity contribution in [1.29, 1.82) is 0 Å². The molecule has 1 rings (SSSR count). The van der Waals surface area contributed by atoms with Crippen molar-refractivity contribution in [3.8, 4) is 0 Å². The zero-order chi connectivity index (χ0) is 9.68. The van der Waals surface area contributed by atoms with Gasteiger partial charge in [-0.25, -0.2) is 0 Å². The van der Waals surface area contributed by atoms with E-state index in [0.717, 1.165) is 5.56 Å². The lowest BCUT2D eigenvalue weighted by Gasteiger charge is -2.07. The molecule has 0 spiro atoms. The Morgan fingerprint density at radius 3 is 2.50 bits per heavy atom. The van der Waals surface area contributed by atoms with Gasteiger partial charge in [0, 0.05) is 6.42 Å². The van der Waals surface area contributed by atoms with Gasteiger partial charge in [0.1, 0.15) is 0 Å². The van der Waals surface area contributed by atoms with Crippen LogP contribution in [0.4, 0.5) is 0 Å². The maximum absolute atomic E-state index is 10.9. The van der Waals surface area contributed by atoms with Gasteiger partial charge in [0.2, 0.25) is 0 Å². The predicted molar refractivity (Wildman–Crippen MR) is 58.5 cm³/mol. The molecule has 0 fully saturated rings. The van der Waals surface area contributed by atoms with Crippen molar-refractivity contribution in [2.45, 2.75) is 12.5 Å². The lowest BCUT2D eigenvalue weighted by Crippen LogP contribution is -2.03. The standard InChI is InChI=1S/C11H12O2.ClH/c1-2-10(12)8-11(13)9-6-4-3-5-7-9;/h2-7,11,13H,1,8H2;1H. The molecule has 76 valence electrons. The van der Waals surface area contributed by atoms with Gasteiger partial charge in [-0.3, -0.25) is 4.79 Å². The van der Waals surface area contributed by atoms with Crippen LogP contribution in [-0.4, -0.2) is 10.9 Å². The van der Waals surface area contributed by atoms with Gasteiger partial charge in [-0.2, -0.15) is 0 Å². The molecule has 0 aliphatic carbocycles. The number of ketones is 1. The van der Waals surface area contributed by atoms with Gasteiger partial charge in [-0.05, 0) is 11.6 Å². The summed E-state index contributed by atoms with van der Waals surface area (Å²) in [7, 11) is 0. The summed E-state index contributed by atoms with van der Waals surface area (Å²) in [6.07, 6.45) is 0.617. The first-order chi connectivity index (χ1) is 6.24. The number of aliphatic hydroxyl groups excluding tert-OH is 1. The van der Waals surface area contributed by atoms with E-state index in [9.17, 15) is 9.90 Å². The topological polar surface area (TPSA) is 37.3 Å². The van der Waals surface area contributed by atoms with Crippen LogP contribution in [0.1, 0.15) is 18.1 Å². The summed E-state index contributed by atoms with van der Waals surface area (Å²) in [5, 5.41) is 9.55. The highest BCUT2D eigenvalue weighted by Crippen LogP contribution is 2.15. The summed E-state index contributed by atoms with van der Waals surface area (Å²) in [5.74, 6) is -0.142. The van der Waals surface area contributed by atoms with Crippen LogP contribution in [0.3, 0.4) is 0 Å². The van der Waals surface area contributed by atoms with Crippen molar-refractivity contribution in [2.24, 2.45) is 0 Å². The number of hydrogen-bond donors (Lipinski definition) is 1. The van der Waals surface area contributed by atoms with Gasteiger partial charge in [-0.1, -0.05) is 36.9 Å². The van der Waals surface area contributed by atoms with Crippen LogP contribution in [0.5, 0.6) is 0 Å². The third-order valence-electron chi connectivity index (χ3n) is 1.81. The van der Waals surface area contributed by atoms with Crippen LogP contribution < -0.4 is 0 Å². The number of carbonyl (C=O) groups is 1. The molecule has 0 bridgehead atoms. The Morgan fingerprint density at radius 2 is 2.00 bits per heavy atom. The van der Waals surface area contributed by atoms with E-state index in [1.54, 1.807) is 12.1 Å². The second-order valence-corrected chi connectivity index (χ2v) is 2.80. The zero-order valence-corrected chi connectivity index (χ0v) is 8.54. The predicted octanol–water partition coefficient (Wildman–Crippen LogP) is 2.29. The highest BCUT2D eigenvalue weighted by atomic mass is 35.5. The molecule has 0 heterocycles. The number of aliphatic hydroxyl groups is 1. The van der Waals surface area contributed by atoms with E-state index in [1.165, 1.54) is 6.08 Å². The van der Waals surface area contributed by atoms with E-state index in [1.807, 2.05) is 18.2 Å². The Morgan fingerprint density at radius 1 is 1.43 bits per heavy atom. The summed E-state index contributed by atoms with van der Waals surface area (Å²) < 4.78 is 0. The molecular formula is C11H13ClO2. The third-order valence-corrected chi connectivity index (χ3v) is 1.81. The minimum atomic E-state index is -0.716. The van der Waals surface area contributed by atoms with Gasteiger partial charge in [0.05, 0.1) is 6.10 Å². The quantitative estimate of drug-likeness (QED) is 0.778. The summed E-state index contributed by atoms with van der Waals surface area (Å²) in [6, 6.07) is 9.11. The number of allylic oxidation sites excluding steroid dienone is 1. The Balaban J connectivity index is 0.00000169. The third kappa shape index (κ3) is 3.73. The second kappa shape index (κ2) is 6.35. The second-order valence-electron chi connectivity index (χ2n) is 2.80. The molecule has 0 aliphatic rings. The van der Waals surface area contributed by atoms with Crippen molar-refractivity contribution in [1.82, 2.24) is 0 Å². The van der Waals surface area contributed by atoms with Crippen molar-refractivity contribution in [3.05, 3.63) is 48.6 Å². The molecule has 0 radical (unpaired) electrons. The van der Waals surface area contributed by atoms with E-state index < -0.39 is 6.10 Å². The van der Waals surface area contributed by atoms with Crippen LogP contribution >= 0.6 is 12.4 Å². The number of hydrogen-bond acceptors (Lipinski definition) is 2. The van der Waals surface area contributed by atoms with Crippen molar-refractivity contribution in [2.75, 3.05) is 0 Å². The van der Waals surface area contributed by atoms with Gasteiger partial charge < -0.3 is 5.11 Å². The smallest absolute Gasteiger partial charge is 0.158 e. The van der Waals surface area contributed by atoms with E-state index >= 15 is 0 Å². The van der Waals surface area contributed by atoms with Crippen LogP contribution in [0.15, 0.2) is 43.0 Å². The zero-order valence-electron chi connectivity index (χ0n) is 7.72. The summed E-state index contributed by atoms with van der Waals surface area (Å²) in [4.78, 5) is 10.9. The summed E-state index contributed by atoms with van der Waals surface area (Å²) in [6.45, 7) is 3.35. The molecule has 14 heavy (non-hydrogen) atoms. The molecule has 1 atom stereocenters. The van der Waals surface area contributed by atoms with Crippen LogP contribution in [0.2, 0.25) is 0 Å². The summed E-state index contributed by atoms with van der Waals surface area (Å²) >= 11 is 0. The first-order valence-electron chi connectivity index (χ1n) is 4.12. The molecule has 1 unspecified atom stereocenters. The Kier molecular flexibility index (Phi) is 5.84. The van der Waals surface area contributed by atoms with Crippen molar-refractivity contribution in [3.63, 3.8) is 0 Å². The van der Waals surface area contributed by atoms with Gasteiger partial charge >= 0.3 is 0 Å². The van der Waals surface area contributed by atoms with Crippen LogP contribution in [0, 0.1) is 0 Å². The van der Waals surface area contributed by atoms with Gasteiger partial charge in [0.15, 0.2) is 5.78 Å². The minimum Gasteiger partial charge on any atom is -0.388 e. The fourth-order valence-corrected chi connectivity index (χ4v) is 1.07. The number of carbonyl (C=O) groups excluding carboxylic acids is 1. The van der Waals surface area contributed by atoms with Gasteiger partial charge in [0.25, 0.3) is 0 Å². The maximum Gasteiger partial charge on any atom is 0.158 e. The molecule has 0 amide bonds. The highest BCUT2D eigenvalue weighted by molar-refractivity contribution is 5.89. The monoisotopic (exact) mass is 212 g/mol. The normalized spacial score (nSPS) is 11.2. The average molecular weight is 213 g/mol. The first-order valence-corrected chi connectivity index (χ1v) is 4.12. The number of rotatable bonds is 4. The first kappa shape index (κ1) is 12.9. The average Bonchev–Trinajstić information content (AvgIpc) is 2.19. The molecule has 0 aromatic heterocycles. The maximum atomic E-state index is 10.9. The molecule has 1 aromatic rings. The molecule has 3 heteroatoms. The van der Waals surface area contributed by atoms with Crippen molar-refractivity contribution >= 4 is 18.2 Å². The molecule has 1 aromatic carbocycles. The van der Waals surface area contributed by atoms with Crippen molar-refractivity contribution < 1.29 is 9.90 Å². The number of benzene rings is 1. The van der Waals surface area contributed by atoms with Crippen LogP contribution in [-0.2, 0) is 4.79 Å². The van der Waals surface area contributed by atoms with E-state index in [4.69, 9.17) is 0 Å². The van der Waals surface area contributed by atoms with E-state index in [-0.39, 0.29) is 24.6 Å². The molecule has 0 aliphatic heterocycles. The van der Waals surface area contributed by atoms with E-state index in [2.05, 4.69) is 6.58 Å². The summed E-state index contributed by atoms with van der Waals surface area (Å²) in [5.41, 5.74) is 0.762. The molecular weight excluding hydrogens is 200 g/mol. The molecule has 0 saturated carbocycles. The Bertz CT molecular complexity index is 295. The largest absolute Gasteiger partial charge is 0.388 e. The SMILES string of the molecule is C=CC(=O)CC(O)c1ccccc1.Cl. The fourth-order valence-electron chi connectivity index (χ4n) is 1.07. The van der Waals surface area contributed by atoms with Gasteiger partial charge in [-0.15, -0.1) is 12.4 Å². The Labute approximate surface area is 89.7 Å². The Hall–Kier alpha value is -1.12. The highest BCUT2D eigenvalue weighted by Gasteiger charge is 2.09.